The Kier molecular flexibility index (Phi) is 5.44. The van der Waals surface area contributed by atoms with Crippen molar-refractivity contribution < 1.29 is 4.42 Å². The predicted molar refractivity (Wildman–Crippen MR) is 88.0 cm³/mol. The Balaban J connectivity index is 2.06. The zero-order valence-corrected chi connectivity index (χ0v) is 14.0. The molecule has 0 aliphatic carbocycles. The average molecular weight is 336 g/mol. The van der Waals surface area contributed by atoms with E-state index in [1.54, 1.807) is 0 Å². The molecule has 2 aromatic rings. The van der Waals surface area contributed by atoms with Gasteiger partial charge in [0.05, 0.1) is 0 Å². The topological polar surface area (TPSA) is 25.2 Å². The van der Waals surface area contributed by atoms with Crippen molar-refractivity contribution in [3.05, 3.63) is 46.1 Å². The van der Waals surface area contributed by atoms with E-state index in [4.69, 9.17) is 4.42 Å². The number of hydrogen-bond acceptors (Lipinski definition) is 2. The number of nitrogens with one attached hydrogen (secondary N) is 1. The van der Waals surface area contributed by atoms with Crippen molar-refractivity contribution in [3.8, 4) is 11.3 Å². The fraction of sp³-hybridized carbons (Fsp3) is 0.412. The van der Waals surface area contributed by atoms with Crippen molar-refractivity contribution in [2.24, 2.45) is 0 Å². The third-order valence-electron chi connectivity index (χ3n) is 3.35. The van der Waals surface area contributed by atoms with Crippen molar-refractivity contribution in [1.29, 1.82) is 0 Å². The third kappa shape index (κ3) is 3.97. The van der Waals surface area contributed by atoms with Crippen LogP contribution in [-0.2, 0) is 6.42 Å². The van der Waals surface area contributed by atoms with E-state index in [0.29, 0.717) is 6.04 Å². The van der Waals surface area contributed by atoms with Crippen LogP contribution in [0.1, 0.15) is 31.6 Å². The summed E-state index contributed by atoms with van der Waals surface area (Å²) in [5.74, 6) is 1.98. The molecule has 108 valence electrons. The fourth-order valence-electron chi connectivity index (χ4n) is 2.21. The van der Waals surface area contributed by atoms with Crippen LogP contribution in [0.4, 0.5) is 0 Å². The van der Waals surface area contributed by atoms with Gasteiger partial charge >= 0.3 is 0 Å². The molecule has 0 fully saturated rings. The first kappa shape index (κ1) is 15.3. The van der Waals surface area contributed by atoms with Crippen molar-refractivity contribution in [3.63, 3.8) is 0 Å². The summed E-state index contributed by atoms with van der Waals surface area (Å²) in [6, 6.07) is 10.9. The van der Waals surface area contributed by atoms with Gasteiger partial charge in [0.2, 0.25) is 0 Å². The molecule has 0 radical (unpaired) electrons. The highest BCUT2D eigenvalue weighted by Gasteiger charge is 2.09. The molecule has 0 aliphatic rings. The molecule has 0 aliphatic heterocycles. The molecule has 2 rings (SSSR count). The third-order valence-corrected chi connectivity index (χ3v) is 4.24. The van der Waals surface area contributed by atoms with Gasteiger partial charge in [-0.2, -0.15) is 0 Å². The zero-order chi connectivity index (χ0) is 14.5. The molecule has 0 bridgehead atoms. The van der Waals surface area contributed by atoms with E-state index in [2.05, 4.69) is 72.3 Å². The SMILES string of the molecule is CCCNC(C)Cc1ccc(-c2ccc(Br)c(C)c2)o1. The van der Waals surface area contributed by atoms with Crippen LogP contribution in [0, 0.1) is 6.92 Å². The molecule has 0 saturated heterocycles. The number of hydrogen-bond donors (Lipinski definition) is 1. The van der Waals surface area contributed by atoms with Gasteiger partial charge in [-0.1, -0.05) is 28.9 Å². The van der Waals surface area contributed by atoms with Crippen LogP contribution in [0.2, 0.25) is 0 Å². The lowest BCUT2D eigenvalue weighted by Crippen LogP contribution is -2.28. The Labute approximate surface area is 129 Å². The molecule has 1 aromatic heterocycles. The second-order valence-corrected chi connectivity index (χ2v) is 6.14. The summed E-state index contributed by atoms with van der Waals surface area (Å²) in [5.41, 5.74) is 2.35. The lowest BCUT2D eigenvalue weighted by atomic mass is 10.1. The molecular formula is C17H22BrNO. The second-order valence-electron chi connectivity index (χ2n) is 5.29. The highest BCUT2D eigenvalue weighted by atomic mass is 79.9. The van der Waals surface area contributed by atoms with Crippen molar-refractivity contribution in [2.45, 2.75) is 39.7 Å². The Bertz CT molecular complexity index is 562. The molecule has 1 atom stereocenters. The average Bonchev–Trinajstić information content (AvgIpc) is 2.88. The minimum absolute atomic E-state index is 0.445. The molecule has 1 N–H and O–H groups in total. The maximum absolute atomic E-state index is 5.96. The Morgan fingerprint density at radius 1 is 1.25 bits per heavy atom. The van der Waals surface area contributed by atoms with Crippen molar-refractivity contribution in [1.82, 2.24) is 5.32 Å². The standard InChI is InChI=1S/C17H22BrNO/c1-4-9-19-13(3)11-15-6-8-17(20-15)14-5-7-16(18)12(2)10-14/h5-8,10,13,19H,4,9,11H2,1-3H3. The highest BCUT2D eigenvalue weighted by Crippen LogP contribution is 2.27. The van der Waals surface area contributed by atoms with Gasteiger partial charge in [-0.3, -0.25) is 0 Å². The summed E-state index contributed by atoms with van der Waals surface area (Å²) >= 11 is 3.53. The van der Waals surface area contributed by atoms with Crippen LogP contribution < -0.4 is 5.32 Å². The van der Waals surface area contributed by atoms with Crippen molar-refractivity contribution in [2.75, 3.05) is 6.54 Å². The monoisotopic (exact) mass is 335 g/mol. The van der Waals surface area contributed by atoms with Crippen LogP contribution in [0.3, 0.4) is 0 Å². The van der Waals surface area contributed by atoms with E-state index in [-0.39, 0.29) is 0 Å². The van der Waals surface area contributed by atoms with Crippen LogP contribution in [0.25, 0.3) is 11.3 Å². The van der Waals surface area contributed by atoms with Gasteiger partial charge in [0, 0.05) is 22.5 Å². The molecule has 3 heteroatoms. The van der Waals surface area contributed by atoms with Crippen molar-refractivity contribution >= 4 is 15.9 Å². The quantitative estimate of drug-likeness (QED) is 0.808. The lowest BCUT2D eigenvalue weighted by Gasteiger charge is -2.11. The predicted octanol–water partition coefficient (Wildman–Crippen LogP) is 4.95. The van der Waals surface area contributed by atoms with Gasteiger partial charge in [-0.15, -0.1) is 0 Å². The number of benzene rings is 1. The lowest BCUT2D eigenvalue weighted by molar-refractivity contribution is 0.464. The summed E-state index contributed by atoms with van der Waals surface area (Å²) in [7, 11) is 0. The summed E-state index contributed by atoms with van der Waals surface area (Å²) in [6.07, 6.45) is 2.08. The normalized spacial score (nSPS) is 12.6. The number of aryl methyl sites for hydroxylation is 1. The van der Waals surface area contributed by atoms with E-state index in [1.165, 1.54) is 5.56 Å². The van der Waals surface area contributed by atoms with E-state index in [9.17, 15) is 0 Å². The largest absolute Gasteiger partial charge is 0.461 e. The number of halogens is 1. The summed E-state index contributed by atoms with van der Waals surface area (Å²) in [5, 5.41) is 3.48. The Hall–Kier alpha value is -1.06. The minimum Gasteiger partial charge on any atom is -0.461 e. The van der Waals surface area contributed by atoms with Gasteiger partial charge in [0.25, 0.3) is 0 Å². The molecular weight excluding hydrogens is 314 g/mol. The first-order valence-corrected chi connectivity index (χ1v) is 7.98. The number of rotatable bonds is 6. The van der Waals surface area contributed by atoms with E-state index >= 15 is 0 Å². The fourth-order valence-corrected chi connectivity index (χ4v) is 2.45. The van der Waals surface area contributed by atoms with Gasteiger partial charge < -0.3 is 9.73 Å². The van der Waals surface area contributed by atoms with Crippen LogP contribution in [0.5, 0.6) is 0 Å². The molecule has 1 heterocycles. The molecule has 1 aromatic carbocycles. The molecule has 0 spiro atoms. The van der Waals surface area contributed by atoms with E-state index < -0.39 is 0 Å². The van der Waals surface area contributed by atoms with Gasteiger partial charge in [-0.05, 0) is 56.6 Å². The first-order chi connectivity index (χ1) is 9.60. The Morgan fingerprint density at radius 2 is 2.05 bits per heavy atom. The number of furan rings is 1. The Morgan fingerprint density at radius 3 is 2.75 bits per heavy atom. The molecule has 20 heavy (non-hydrogen) atoms. The first-order valence-electron chi connectivity index (χ1n) is 7.18. The smallest absolute Gasteiger partial charge is 0.134 e. The summed E-state index contributed by atoms with van der Waals surface area (Å²) in [6.45, 7) is 7.52. The molecule has 0 saturated carbocycles. The van der Waals surface area contributed by atoms with E-state index in [0.717, 1.165) is 40.9 Å². The van der Waals surface area contributed by atoms with Crippen LogP contribution >= 0.6 is 15.9 Å². The minimum atomic E-state index is 0.445. The second kappa shape index (κ2) is 7.09. The maximum Gasteiger partial charge on any atom is 0.134 e. The highest BCUT2D eigenvalue weighted by molar-refractivity contribution is 9.10. The summed E-state index contributed by atoms with van der Waals surface area (Å²) in [4.78, 5) is 0. The molecule has 1 unspecified atom stereocenters. The maximum atomic E-state index is 5.96. The van der Waals surface area contributed by atoms with Gasteiger partial charge in [0.1, 0.15) is 11.5 Å². The van der Waals surface area contributed by atoms with Gasteiger partial charge in [0.15, 0.2) is 0 Å². The van der Waals surface area contributed by atoms with Gasteiger partial charge in [-0.25, -0.2) is 0 Å². The zero-order valence-electron chi connectivity index (χ0n) is 12.4. The molecule has 2 nitrogen and oxygen atoms in total. The molecule has 0 amide bonds. The summed E-state index contributed by atoms with van der Waals surface area (Å²) < 4.78 is 7.09. The van der Waals surface area contributed by atoms with Crippen LogP contribution in [0.15, 0.2) is 39.2 Å². The van der Waals surface area contributed by atoms with E-state index in [1.807, 2.05) is 0 Å². The van der Waals surface area contributed by atoms with Crippen LogP contribution in [-0.4, -0.2) is 12.6 Å².